The van der Waals surface area contributed by atoms with Gasteiger partial charge in [-0.05, 0) is 31.6 Å². The molecule has 0 bridgehead atoms. The highest BCUT2D eigenvalue weighted by atomic mass is 16.3. The number of H-pyrrole nitrogens is 1. The normalized spacial score (nSPS) is 26.8. The van der Waals surface area contributed by atoms with Gasteiger partial charge in [0.2, 0.25) is 0 Å². The first-order valence-corrected chi connectivity index (χ1v) is 7.44. The Balaban J connectivity index is 2.21. The van der Waals surface area contributed by atoms with Crippen molar-refractivity contribution in [1.29, 1.82) is 0 Å². The van der Waals surface area contributed by atoms with Crippen molar-refractivity contribution in [2.24, 2.45) is 5.92 Å². The predicted molar refractivity (Wildman–Crippen MR) is 80.0 cm³/mol. The first-order chi connectivity index (χ1) is 9.44. The van der Waals surface area contributed by atoms with Crippen molar-refractivity contribution >= 4 is 5.82 Å². The highest BCUT2D eigenvalue weighted by molar-refractivity contribution is 5.37. The Bertz CT molecular complexity index is 502. The zero-order valence-corrected chi connectivity index (χ0v) is 12.6. The van der Waals surface area contributed by atoms with Crippen molar-refractivity contribution in [2.45, 2.75) is 57.9 Å². The highest BCUT2D eigenvalue weighted by Gasteiger charge is 2.34. The molecule has 2 rings (SSSR count). The molecule has 0 saturated heterocycles. The van der Waals surface area contributed by atoms with Crippen LogP contribution >= 0.6 is 0 Å². The van der Waals surface area contributed by atoms with Crippen LogP contribution in [0.15, 0.2) is 10.9 Å². The Labute approximate surface area is 119 Å². The number of hydrogen-bond donors (Lipinski definition) is 3. The fourth-order valence-electron chi connectivity index (χ4n) is 2.72. The fourth-order valence-corrected chi connectivity index (χ4v) is 2.72. The summed E-state index contributed by atoms with van der Waals surface area (Å²) in [5, 5.41) is 13.1. The molecule has 0 aliphatic heterocycles. The minimum Gasteiger partial charge on any atom is -0.394 e. The second-order valence-electron chi connectivity index (χ2n) is 6.42. The van der Waals surface area contributed by atoms with E-state index in [1.54, 1.807) is 0 Å². The van der Waals surface area contributed by atoms with Crippen molar-refractivity contribution in [3.8, 4) is 0 Å². The quantitative estimate of drug-likeness (QED) is 0.790. The van der Waals surface area contributed by atoms with E-state index < -0.39 is 0 Å². The molecule has 0 unspecified atom stereocenters. The van der Waals surface area contributed by atoms with Crippen LogP contribution in [0.3, 0.4) is 0 Å². The number of aromatic amines is 1. The van der Waals surface area contributed by atoms with Crippen LogP contribution in [0, 0.1) is 5.92 Å². The molecule has 0 spiro atoms. The lowest BCUT2D eigenvalue weighted by molar-refractivity contribution is 0.155. The van der Waals surface area contributed by atoms with Gasteiger partial charge in [-0.25, -0.2) is 4.98 Å². The third-order valence-electron chi connectivity index (χ3n) is 4.23. The lowest BCUT2D eigenvalue weighted by atomic mass is 9.77. The Morgan fingerprint density at radius 3 is 2.70 bits per heavy atom. The summed E-state index contributed by atoms with van der Waals surface area (Å²) in [5.74, 6) is 2.12. The smallest absolute Gasteiger partial charge is 0.252 e. The minimum absolute atomic E-state index is 0.0746. The van der Waals surface area contributed by atoms with E-state index in [9.17, 15) is 9.90 Å². The maximum absolute atomic E-state index is 11.7. The first-order valence-electron chi connectivity index (χ1n) is 7.44. The number of aliphatic hydroxyl groups is 1. The van der Waals surface area contributed by atoms with E-state index in [1.807, 2.05) is 13.8 Å². The highest BCUT2D eigenvalue weighted by Crippen LogP contribution is 2.33. The monoisotopic (exact) mass is 279 g/mol. The van der Waals surface area contributed by atoms with Gasteiger partial charge in [-0.2, -0.15) is 0 Å². The first kappa shape index (κ1) is 15.0. The molecule has 1 aliphatic carbocycles. The van der Waals surface area contributed by atoms with E-state index >= 15 is 0 Å². The molecular weight excluding hydrogens is 254 g/mol. The molecule has 0 radical (unpaired) electrons. The van der Waals surface area contributed by atoms with Gasteiger partial charge in [-0.3, -0.25) is 4.79 Å². The largest absolute Gasteiger partial charge is 0.394 e. The van der Waals surface area contributed by atoms with Crippen molar-refractivity contribution in [2.75, 3.05) is 11.9 Å². The second kappa shape index (κ2) is 5.95. The van der Waals surface area contributed by atoms with Crippen molar-refractivity contribution in [3.63, 3.8) is 0 Å². The SMILES string of the molecule is CC1CCC(CO)(Nc2cc(=O)[nH]c(C(C)C)n2)CC1. The Morgan fingerprint density at radius 1 is 1.50 bits per heavy atom. The maximum Gasteiger partial charge on any atom is 0.252 e. The summed E-state index contributed by atoms with van der Waals surface area (Å²) in [6.45, 7) is 6.30. The molecule has 1 saturated carbocycles. The van der Waals surface area contributed by atoms with Gasteiger partial charge in [-0.15, -0.1) is 0 Å². The van der Waals surface area contributed by atoms with Gasteiger partial charge in [0.05, 0.1) is 12.1 Å². The maximum atomic E-state index is 11.7. The molecule has 1 heterocycles. The molecule has 1 aliphatic rings. The Hall–Kier alpha value is -1.36. The van der Waals surface area contributed by atoms with Crippen LogP contribution < -0.4 is 10.9 Å². The predicted octanol–water partition coefficient (Wildman–Crippen LogP) is 2.25. The lowest BCUT2D eigenvalue weighted by Crippen LogP contribution is -2.45. The average Bonchev–Trinajstić information content (AvgIpc) is 2.41. The zero-order chi connectivity index (χ0) is 14.8. The number of nitrogens with one attached hydrogen (secondary N) is 2. The molecule has 5 heteroatoms. The zero-order valence-electron chi connectivity index (χ0n) is 12.6. The third kappa shape index (κ3) is 3.39. The molecule has 1 fully saturated rings. The van der Waals surface area contributed by atoms with Crippen molar-refractivity contribution in [3.05, 3.63) is 22.2 Å². The topological polar surface area (TPSA) is 78.0 Å². The van der Waals surface area contributed by atoms with Gasteiger partial charge in [-0.1, -0.05) is 20.8 Å². The van der Waals surface area contributed by atoms with Crippen LogP contribution in [0.4, 0.5) is 5.82 Å². The standard InChI is InChI=1S/C15H25N3O2/c1-10(2)14-16-12(8-13(20)17-14)18-15(9-19)6-4-11(3)5-7-15/h8,10-11,19H,4-7,9H2,1-3H3,(H2,16,17,18,20). The van der Waals surface area contributed by atoms with Gasteiger partial charge in [0.25, 0.3) is 5.56 Å². The molecule has 5 nitrogen and oxygen atoms in total. The van der Waals surface area contributed by atoms with E-state index in [2.05, 4.69) is 22.2 Å². The van der Waals surface area contributed by atoms with Gasteiger partial charge in [0.1, 0.15) is 11.6 Å². The summed E-state index contributed by atoms with van der Waals surface area (Å²) in [6.07, 6.45) is 4.01. The number of nitrogens with zero attached hydrogens (tertiary/aromatic N) is 1. The van der Waals surface area contributed by atoms with E-state index in [-0.39, 0.29) is 23.6 Å². The summed E-state index contributed by atoms with van der Waals surface area (Å²) in [7, 11) is 0. The summed E-state index contributed by atoms with van der Waals surface area (Å²) in [5.41, 5.74) is -0.481. The molecule has 3 N–H and O–H groups in total. The summed E-state index contributed by atoms with van der Waals surface area (Å²) >= 11 is 0. The van der Waals surface area contributed by atoms with E-state index in [0.29, 0.717) is 17.6 Å². The van der Waals surface area contributed by atoms with Crippen LogP contribution in [-0.4, -0.2) is 27.2 Å². The molecule has 0 atom stereocenters. The number of hydrogen-bond acceptors (Lipinski definition) is 4. The fraction of sp³-hybridized carbons (Fsp3) is 0.733. The minimum atomic E-state index is -0.332. The van der Waals surface area contributed by atoms with Crippen LogP contribution in [-0.2, 0) is 0 Å². The van der Waals surface area contributed by atoms with Gasteiger partial charge >= 0.3 is 0 Å². The average molecular weight is 279 g/mol. The Kier molecular flexibility index (Phi) is 4.48. The van der Waals surface area contributed by atoms with Crippen LogP contribution in [0.2, 0.25) is 0 Å². The number of rotatable bonds is 4. The molecular formula is C15H25N3O2. The van der Waals surface area contributed by atoms with Crippen LogP contribution in [0.1, 0.15) is 58.2 Å². The van der Waals surface area contributed by atoms with Gasteiger partial charge in [0, 0.05) is 12.0 Å². The van der Waals surface area contributed by atoms with E-state index in [0.717, 1.165) is 25.7 Å². The van der Waals surface area contributed by atoms with Gasteiger partial charge < -0.3 is 15.4 Å². The van der Waals surface area contributed by atoms with Gasteiger partial charge in [0.15, 0.2) is 0 Å². The molecule has 112 valence electrons. The Morgan fingerprint density at radius 2 is 2.15 bits per heavy atom. The summed E-state index contributed by atoms with van der Waals surface area (Å²) in [4.78, 5) is 18.9. The lowest BCUT2D eigenvalue weighted by Gasteiger charge is -2.39. The van der Waals surface area contributed by atoms with Crippen molar-refractivity contribution < 1.29 is 5.11 Å². The van der Waals surface area contributed by atoms with Crippen LogP contribution in [0.25, 0.3) is 0 Å². The number of aliphatic hydroxyl groups excluding tert-OH is 1. The molecule has 20 heavy (non-hydrogen) atoms. The molecule has 1 aromatic rings. The third-order valence-corrected chi connectivity index (χ3v) is 4.23. The molecule has 0 aromatic carbocycles. The summed E-state index contributed by atoms with van der Waals surface area (Å²) < 4.78 is 0. The van der Waals surface area contributed by atoms with E-state index in [4.69, 9.17) is 0 Å². The number of aromatic nitrogens is 2. The molecule has 0 amide bonds. The van der Waals surface area contributed by atoms with Crippen molar-refractivity contribution in [1.82, 2.24) is 9.97 Å². The number of anilines is 1. The second-order valence-corrected chi connectivity index (χ2v) is 6.42. The van der Waals surface area contributed by atoms with Crippen LogP contribution in [0.5, 0.6) is 0 Å². The molecule has 1 aromatic heterocycles. The summed E-state index contributed by atoms with van der Waals surface area (Å²) in [6, 6.07) is 1.47. The van der Waals surface area contributed by atoms with E-state index in [1.165, 1.54) is 6.07 Å².